The molecule has 0 aliphatic carbocycles. The van der Waals surface area contributed by atoms with Crippen LogP contribution < -0.4 is 5.32 Å². The first kappa shape index (κ1) is 13.6. The van der Waals surface area contributed by atoms with Gasteiger partial charge in [-0.1, -0.05) is 15.9 Å². The standard InChI is InChI=1S/C14H18BrNO2/c1-10-7-11(9-12(15)8-10)13(17)16-14(2)3-5-18-6-4-14/h7-9H,3-6H2,1-2H3,(H,16,17). The molecule has 0 atom stereocenters. The Morgan fingerprint density at radius 1 is 1.33 bits per heavy atom. The number of hydrogen-bond acceptors (Lipinski definition) is 2. The van der Waals surface area contributed by atoms with Gasteiger partial charge in [0.2, 0.25) is 0 Å². The Kier molecular flexibility index (Phi) is 4.07. The molecule has 1 fully saturated rings. The summed E-state index contributed by atoms with van der Waals surface area (Å²) in [7, 11) is 0. The minimum atomic E-state index is -0.147. The number of hydrogen-bond donors (Lipinski definition) is 1. The molecule has 18 heavy (non-hydrogen) atoms. The number of benzene rings is 1. The summed E-state index contributed by atoms with van der Waals surface area (Å²) >= 11 is 3.42. The summed E-state index contributed by atoms with van der Waals surface area (Å²) in [5.41, 5.74) is 1.63. The molecule has 1 aliphatic heterocycles. The van der Waals surface area contributed by atoms with Crippen molar-refractivity contribution in [3.05, 3.63) is 33.8 Å². The normalized spacial score (nSPS) is 18.4. The van der Waals surface area contributed by atoms with Gasteiger partial charge >= 0.3 is 0 Å². The third-order valence-electron chi connectivity index (χ3n) is 3.32. The Balaban J connectivity index is 2.11. The summed E-state index contributed by atoms with van der Waals surface area (Å²) in [6.45, 7) is 5.50. The maximum Gasteiger partial charge on any atom is 0.251 e. The molecule has 0 bridgehead atoms. The van der Waals surface area contributed by atoms with E-state index in [1.807, 2.05) is 25.1 Å². The van der Waals surface area contributed by atoms with Crippen molar-refractivity contribution in [2.75, 3.05) is 13.2 Å². The van der Waals surface area contributed by atoms with Gasteiger partial charge in [-0.05, 0) is 50.5 Å². The summed E-state index contributed by atoms with van der Waals surface area (Å²) in [4.78, 5) is 12.2. The van der Waals surface area contributed by atoms with Gasteiger partial charge in [0.05, 0.1) is 0 Å². The molecule has 98 valence electrons. The van der Waals surface area contributed by atoms with Crippen LogP contribution in [-0.2, 0) is 4.74 Å². The molecular formula is C14H18BrNO2. The minimum Gasteiger partial charge on any atom is -0.381 e. The van der Waals surface area contributed by atoms with Crippen molar-refractivity contribution in [3.63, 3.8) is 0 Å². The zero-order chi connectivity index (χ0) is 13.2. The highest BCUT2D eigenvalue weighted by Crippen LogP contribution is 2.21. The fraction of sp³-hybridized carbons (Fsp3) is 0.500. The SMILES string of the molecule is Cc1cc(Br)cc(C(=O)NC2(C)CCOCC2)c1. The summed E-state index contributed by atoms with van der Waals surface area (Å²) in [5, 5.41) is 3.13. The number of carbonyl (C=O) groups is 1. The first-order valence-electron chi connectivity index (χ1n) is 6.16. The van der Waals surface area contributed by atoms with Crippen LogP contribution >= 0.6 is 15.9 Å². The van der Waals surface area contributed by atoms with Crippen molar-refractivity contribution in [1.82, 2.24) is 5.32 Å². The predicted molar refractivity (Wildman–Crippen MR) is 74.8 cm³/mol. The van der Waals surface area contributed by atoms with Crippen LogP contribution in [0.15, 0.2) is 22.7 Å². The van der Waals surface area contributed by atoms with Crippen LogP contribution in [0.25, 0.3) is 0 Å². The fourth-order valence-corrected chi connectivity index (χ4v) is 2.77. The molecule has 0 unspecified atom stereocenters. The first-order chi connectivity index (χ1) is 8.48. The van der Waals surface area contributed by atoms with Crippen LogP contribution in [0.1, 0.15) is 35.7 Å². The zero-order valence-electron chi connectivity index (χ0n) is 10.8. The lowest BCUT2D eigenvalue weighted by atomic mass is 9.92. The van der Waals surface area contributed by atoms with Gasteiger partial charge in [-0.25, -0.2) is 0 Å². The second kappa shape index (κ2) is 5.41. The van der Waals surface area contributed by atoms with Gasteiger partial charge in [0, 0.05) is 28.8 Å². The molecule has 1 aromatic rings. The number of ether oxygens (including phenoxy) is 1. The fourth-order valence-electron chi connectivity index (χ4n) is 2.16. The molecule has 1 amide bonds. The van der Waals surface area contributed by atoms with E-state index in [-0.39, 0.29) is 11.4 Å². The van der Waals surface area contributed by atoms with Gasteiger partial charge in [-0.2, -0.15) is 0 Å². The van der Waals surface area contributed by atoms with Gasteiger partial charge in [0.1, 0.15) is 0 Å². The van der Waals surface area contributed by atoms with Crippen LogP contribution in [0.5, 0.6) is 0 Å². The summed E-state index contributed by atoms with van der Waals surface area (Å²) in [5.74, 6) is -0.0104. The Morgan fingerprint density at radius 2 is 2.00 bits per heavy atom. The molecule has 1 aliphatic rings. The molecule has 0 spiro atoms. The largest absolute Gasteiger partial charge is 0.381 e. The topological polar surface area (TPSA) is 38.3 Å². The number of aryl methyl sites for hydroxylation is 1. The highest BCUT2D eigenvalue weighted by molar-refractivity contribution is 9.10. The van der Waals surface area contributed by atoms with Gasteiger partial charge in [-0.15, -0.1) is 0 Å². The van der Waals surface area contributed by atoms with Crippen molar-refractivity contribution >= 4 is 21.8 Å². The molecule has 1 heterocycles. The Bertz CT molecular complexity index is 433. The van der Waals surface area contributed by atoms with Crippen LogP contribution in [0.4, 0.5) is 0 Å². The van der Waals surface area contributed by atoms with Gasteiger partial charge in [0.15, 0.2) is 0 Å². The highest BCUT2D eigenvalue weighted by Gasteiger charge is 2.29. The second-order valence-electron chi connectivity index (χ2n) is 5.14. The molecule has 0 aromatic heterocycles. The predicted octanol–water partition coefficient (Wildman–Crippen LogP) is 3.06. The maximum atomic E-state index is 12.2. The van der Waals surface area contributed by atoms with Crippen LogP contribution in [-0.4, -0.2) is 24.7 Å². The van der Waals surface area contributed by atoms with Gasteiger partial charge < -0.3 is 10.1 Å². The summed E-state index contributed by atoms with van der Waals surface area (Å²) in [6, 6.07) is 5.75. The average molecular weight is 312 g/mol. The Labute approximate surface area is 116 Å². The number of rotatable bonds is 2. The smallest absolute Gasteiger partial charge is 0.251 e. The Hall–Kier alpha value is -0.870. The van der Waals surface area contributed by atoms with E-state index in [0.717, 1.165) is 22.9 Å². The summed E-state index contributed by atoms with van der Waals surface area (Å²) in [6.07, 6.45) is 1.73. The number of halogens is 1. The van der Waals surface area contributed by atoms with Crippen molar-refractivity contribution in [2.45, 2.75) is 32.2 Å². The maximum absolute atomic E-state index is 12.2. The third-order valence-corrected chi connectivity index (χ3v) is 3.77. The number of amides is 1. The van der Waals surface area contributed by atoms with E-state index >= 15 is 0 Å². The third kappa shape index (κ3) is 3.33. The lowest BCUT2D eigenvalue weighted by Gasteiger charge is -2.34. The van der Waals surface area contributed by atoms with Gasteiger partial charge in [0.25, 0.3) is 5.91 Å². The monoisotopic (exact) mass is 311 g/mol. The van der Waals surface area contributed by atoms with Gasteiger partial charge in [-0.3, -0.25) is 4.79 Å². The molecule has 1 N–H and O–H groups in total. The molecule has 4 heteroatoms. The first-order valence-corrected chi connectivity index (χ1v) is 6.95. The second-order valence-corrected chi connectivity index (χ2v) is 6.06. The van der Waals surface area contributed by atoms with E-state index in [1.54, 1.807) is 0 Å². The van der Waals surface area contributed by atoms with Crippen LogP contribution in [0.2, 0.25) is 0 Å². The van der Waals surface area contributed by atoms with Crippen LogP contribution in [0.3, 0.4) is 0 Å². The van der Waals surface area contributed by atoms with E-state index in [9.17, 15) is 4.79 Å². The van der Waals surface area contributed by atoms with E-state index in [1.165, 1.54) is 0 Å². The molecular weight excluding hydrogens is 294 g/mol. The van der Waals surface area contributed by atoms with Crippen LogP contribution in [0, 0.1) is 6.92 Å². The zero-order valence-corrected chi connectivity index (χ0v) is 12.3. The van der Waals surface area contributed by atoms with Crippen molar-refractivity contribution in [3.8, 4) is 0 Å². The number of nitrogens with one attached hydrogen (secondary N) is 1. The molecule has 3 nitrogen and oxygen atoms in total. The van der Waals surface area contributed by atoms with Crippen molar-refractivity contribution in [2.24, 2.45) is 0 Å². The van der Waals surface area contributed by atoms with E-state index < -0.39 is 0 Å². The lowest BCUT2D eigenvalue weighted by Crippen LogP contribution is -2.49. The van der Waals surface area contributed by atoms with E-state index in [2.05, 4.69) is 28.2 Å². The van der Waals surface area contributed by atoms with Crippen molar-refractivity contribution < 1.29 is 9.53 Å². The molecule has 0 saturated carbocycles. The lowest BCUT2D eigenvalue weighted by molar-refractivity contribution is 0.0423. The molecule has 1 aromatic carbocycles. The molecule has 2 rings (SSSR count). The van der Waals surface area contributed by atoms with Crippen molar-refractivity contribution in [1.29, 1.82) is 0 Å². The minimum absolute atomic E-state index is 0.0104. The quantitative estimate of drug-likeness (QED) is 0.911. The molecule has 1 saturated heterocycles. The average Bonchev–Trinajstić information content (AvgIpc) is 2.28. The Morgan fingerprint density at radius 3 is 2.61 bits per heavy atom. The highest BCUT2D eigenvalue weighted by atomic mass is 79.9. The van der Waals surface area contributed by atoms with E-state index in [0.29, 0.717) is 18.8 Å². The number of carbonyl (C=O) groups excluding carboxylic acids is 1. The summed E-state index contributed by atoms with van der Waals surface area (Å²) < 4.78 is 6.27. The van der Waals surface area contributed by atoms with E-state index in [4.69, 9.17) is 4.74 Å². The molecule has 0 radical (unpaired) electrons.